The number of pyridine rings is 1. The summed E-state index contributed by atoms with van der Waals surface area (Å²) in [6.45, 7) is 25.8. The standard InChI is InChI=1S/C24H27N7S2.C6H14O.C6H14.C5H11N.C2H6/c1-6-16-8-11-20(26-13-16)31-23(32)15(3)21(29(5)24(31)33)22(25-4)28-18-9-10-19-17(12-18)14-27-30(19)7-2;1-3-5-7-6-4-2;2*1-4-5-6(2)3;1-2/h8-14H,6-7H2,1-5H3,(H,25,28);3-6H2,1-2H3;6H,4-5H2,1-3H3;4-5H,1-3H3;1-2H3/b;;;5-4-;. The molecule has 3 aromatic heterocycles. The van der Waals surface area contributed by atoms with Gasteiger partial charge < -0.3 is 19.5 Å². The number of fused-ring (bicyclic) bond motifs is 1. The number of nitrogens with zero attached hydrogens (tertiary/aromatic N) is 7. The topological polar surface area (TPSA) is 77.4 Å². The number of aromatic nitrogens is 5. The molecule has 54 heavy (non-hydrogen) atoms. The van der Waals surface area contributed by atoms with Crippen LogP contribution in [0.25, 0.3) is 16.7 Å². The number of allylic oxidation sites excluding steroid dienone is 1. The van der Waals surface area contributed by atoms with Gasteiger partial charge in [0.1, 0.15) is 16.3 Å². The molecule has 0 saturated heterocycles. The van der Waals surface area contributed by atoms with E-state index in [-0.39, 0.29) is 0 Å². The van der Waals surface area contributed by atoms with Crippen LogP contribution < -0.4 is 5.32 Å². The molecule has 0 fully saturated rings. The maximum atomic E-state index is 5.83. The number of anilines is 1. The predicted octanol–water partition coefficient (Wildman–Crippen LogP) is 11.8. The third-order valence-corrected chi connectivity index (χ3v) is 8.75. The fourth-order valence-electron chi connectivity index (χ4n) is 5.19. The highest BCUT2D eigenvalue weighted by Gasteiger charge is 2.17. The molecule has 4 rings (SSSR count). The van der Waals surface area contributed by atoms with Crippen molar-refractivity contribution in [3.05, 3.63) is 81.2 Å². The summed E-state index contributed by atoms with van der Waals surface area (Å²) >= 11 is 11.6. The third-order valence-electron chi connectivity index (χ3n) is 7.80. The van der Waals surface area contributed by atoms with Crippen LogP contribution >= 0.6 is 24.4 Å². The number of aryl methyl sites for hydroxylation is 2. The molecular weight excluding hydrogens is 709 g/mol. The second kappa shape index (κ2) is 28.7. The molecule has 4 aromatic rings. The molecule has 3 heterocycles. The van der Waals surface area contributed by atoms with Gasteiger partial charge >= 0.3 is 0 Å². The molecule has 11 heteroatoms. The van der Waals surface area contributed by atoms with Crippen LogP contribution in [0.15, 0.2) is 60.0 Å². The lowest BCUT2D eigenvalue weighted by atomic mass is 10.1. The molecule has 1 aromatic carbocycles. The summed E-state index contributed by atoms with van der Waals surface area (Å²) in [7, 11) is 7.69. The number of benzene rings is 1. The normalized spacial score (nSPS) is 10.8. The van der Waals surface area contributed by atoms with Gasteiger partial charge in [-0.05, 0) is 94.2 Å². The molecule has 0 bridgehead atoms. The number of hydrogen-bond acceptors (Lipinski definition) is 7. The van der Waals surface area contributed by atoms with Gasteiger partial charge in [0.15, 0.2) is 4.77 Å². The number of amidine groups is 1. The number of nitrogens with one attached hydrogen (secondary N) is 1. The zero-order valence-corrected chi connectivity index (χ0v) is 37.9. The minimum Gasteiger partial charge on any atom is -0.384 e. The Morgan fingerprint density at radius 1 is 0.981 bits per heavy atom. The van der Waals surface area contributed by atoms with Gasteiger partial charge in [-0.15, -0.1) is 0 Å². The van der Waals surface area contributed by atoms with Crippen LogP contribution in [0.2, 0.25) is 0 Å². The van der Waals surface area contributed by atoms with Gasteiger partial charge in [0.2, 0.25) is 0 Å². The van der Waals surface area contributed by atoms with E-state index in [1.807, 2.05) is 104 Å². The fraction of sp³-hybridized carbons (Fsp3) is 0.558. The molecule has 0 spiro atoms. The van der Waals surface area contributed by atoms with Crippen molar-refractivity contribution in [2.24, 2.45) is 18.0 Å². The SMILES string of the molecule is C/C=C\N(C)C.CC.CCCC(C)C.CCCOCCC.CCc1ccc(-n2c(=S)c(C)c(C(=NC)Nc3ccc4c(cnn4CC)c3)n(C)c2=S)nc1. The molecule has 0 unspecified atom stereocenters. The molecule has 0 atom stereocenters. The minimum absolute atomic E-state index is 0.556. The van der Waals surface area contributed by atoms with Gasteiger partial charge in [0.05, 0.1) is 17.4 Å². The number of hydrogen-bond donors (Lipinski definition) is 1. The summed E-state index contributed by atoms with van der Waals surface area (Å²) < 4.78 is 12.0. The quantitative estimate of drug-likeness (QED) is 0.0664. The highest BCUT2D eigenvalue weighted by molar-refractivity contribution is 7.72. The van der Waals surface area contributed by atoms with Crippen molar-refractivity contribution < 1.29 is 4.74 Å². The van der Waals surface area contributed by atoms with Crippen LogP contribution in [0, 0.1) is 22.3 Å². The van der Waals surface area contributed by atoms with E-state index in [0.717, 1.165) is 72.8 Å². The van der Waals surface area contributed by atoms with Crippen LogP contribution in [0.1, 0.15) is 112 Å². The summed E-state index contributed by atoms with van der Waals surface area (Å²) in [6, 6.07) is 10.2. The Morgan fingerprint density at radius 2 is 1.63 bits per heavy atom. The van der Waals surface area contributed by atoms with Crippen molar-refractivity contribution in [2.45, 2.75) is 115 Å². The second-order valence-electron chi connectivity index (χ2n) is 13.0. The van der Waals surface area contributed by atoms with Crippen molar-refractivity contribution >= 4 is 46.9 Å². The first-order chi connectivity index (χ1) is 25.8. The van der Waals surface area contributed by atoms with Crippen LogP contribution in [0.4, 0.5) is 5.69 Å². The Balaban J connectivity index is 0.00000110. The zero-order valence-electron chi connectivity index (χ0n) is 36.3. The molecule has 0 aliphatic rings. The first kappa shape index (κ1) is 50.3. The summed E-state index contributed by atoms with van der Waals surface area (Å²) in [6.07, 6.45) is 13.7. The lowest BCUT2D eigenvalue weighted by Crippen LogP contribution is -2.24. The monoisotopic (exact) mass is 781 g/mol. The molecule has 0 radical (unpaired) electrons. The molecular formula is C43H72N8OS2. The molecule has 0 amide bonds. The van der Waals surface area contributed by atoms with Gasteiger partial charge in [-0.2, -0.15) is 5.10 Å². The third kappa shape index (κ3) is 16.8. The Hall–Kier alpha value is -3.67. The largest absolute Gasteiger partial charge is 0.384 e. The van der Waals surface area contributed by atoms with E-state index in [9.17, 15) is 0 Å². The summed E-state index contributed by atoms with van der Waals surface area (Å²) in [5, 5.41) is 8.95. The van der Waals surface area contributed by atoms with E-state index in [0.29, 0.717) is 21.1 Å². The lowest BCUT2D eigenvalue weighted by molar-refractivity contribution is 0.135. The van der Waals surface area contributed by atoms with E-state index in [4.69, 9.17) is 29.2 Å². The first-order valence-corrected chi connectivity index (χ1v) is 20.5. The summed E-state index contributed by atoms with van der Waals surface area (Å²) in [5.41, 5.74) is 4.93. The van der Waals surface area contributed by atoms with Crippen molar-refractivity contribution in [2.75, 3.05) is 39.7 Å². The average Bonchev–Trinajstić information content (AvgIpc) is 3.58. The van der Waals surface area contributed by atoms with Crippen molar-refractivity contribution in [1.29, 1.82) is 0 Å². The van der Waals surface area contributed by atoms with Gasteiger partial charge in [-0.1, -0.05) is 92.6 Å². The molecule has 0 aliphatic heterocycles. The summed E-state index contributed by atoms with van der Waals surface area (Å²) in [4.78, 5) is 11.1. The predicted molar refractivity (Wildman–Crippen MR) is 241 cm³/mol. The zero-order chi connectivity index (χ0) is 41.2. The van der Waals surface area contributed by atoms with Gasteiger partial charge in [0.25, 0.3) is 0 Å². The molecule has 1 N–H and O–H groups in total. The minimum atomic E-state index is 0.556. The number of aliphatic imine (C=N–C) groups is 1. The van der Waals surface area contributed by atoms with Gasteiger partial charge in [-0.3, -0.25) is 14.2 Å². The highest BCUT2D eigenvalue weighted by atomic mass is 32.1. The molecule has 302 valence electrons. The maximum absolute atomic E-state index is 5.83. The fourth-order valence-corrected chi connectivity index (χ4v) is 5.80. The molecule has 0 saturated carbocycles. The van der Waals surface area contributed by atoms with E-state index in [1.165, 1.54) is 18.4 Å². The van der Waals surface area contributed by atoms with E-state index in [1.54, 1.807) is 7.05 Å². The van der Waals surface area contributed by atoms with Gasteiger partial charge in [-0.25, -0.2) is 4.98 Å². The lowest BCUT2D eigenvalue weighted by Gasteiger charge is -2.20. The first-order valence-electron chi connectivity index (χ1n) is 19.7. The highest BCUT2D eigenvalue weighted by Crippen LogP contribution is 2.22. The smallest absolute Gasteiger partial charge is 0.187 e. The summed E-state index contributed by atoms with van der Waals surface area (Å²) in [5.74, 6) is 2.31. The van der Waals surface area contributed by atoms with Crippen LogP contribution in [-0.4, -0.2) is 69.0 Å². The van der Waals surface area contributed by atoms with Crippen LogP contribution in [0.3, 0.4) is 0 Å². The molecule has 9 nitrogen and oxygen atoms in total. The number of rotatable bonds is 12. The van der Waals surface area contributed by atoms with E-state index < -0.39 is 0 Å². The molecule has 0 aliphatic carbocycles. The maximum Gasteiger partial charge on any atom is 0.187 e. The van der Waals surface area contributed by atoms with E-state index >= 15 is 0 Å². The van der Waals surface area contributed by atoms with Crippen molar-refractivity contribution in [3.8, 4) is 5.82 Å². The Labute approximate surface area is 338 Å². The van der Waals surface area contributed by atoms with Crippen molar-refractivity contribution in [1.82, 2.24) is 28.8 Å². The Bertz CT molecular complexity index is 1740. The van der Waals surface area contributed by atoms with E-state index in [2.05, 4.69) is 87.1 Å². The van der Waals surface area contributed by atoms with Crippen LogP contribution in [-0.2, 0) is 24.8 Å². The Morgan fingerprint density at radius 3 is 2.06 bits per heavy atom. The van der Waals surface area contributed by atoms with Gasteiger partial charge in [0, 0.05) is 70.8 Å². The van der Waals surface area contributed by atoms with Crippen molar-refractivity contribution in [3.63, 3.8) is 0 Å². The Kier molecular flexibility index (Phi) is 26.8. The average molecular weight is 781 g/mol. The number of ether oxygens (including phenoxy) is 1. The van der Waals surface area contributed by atoms with Crippen LogP contribution in [0.5, 0.6) is 0 Å². The second-order valence-corrected chi connectivity index (χ2v) is 13.8.